The van der Waals surface area contributed by atoms with Crippen LogP contribution in [0, 0.1) is 0 Å². The number of carbonyl (C=O) groups excluding carboxylic acids is 2. The zero-order valence-corrected chi connectivity index (χ0v) is 18.3. The lowest BCUT2D eigenvalue weighted by molar-refractivity contribution is -0.139. The third-order valence-electron chi connectivity index (χ3n) is 4.92. The molecular formula is C22H21Cl2NO5. The summed E-state index contributed by atoms with van der Waals surface area (Å²) in [6, 6.07) is 8.87. The van der Waals surface area contributed by atoms with Crippen molar-refractivity contribution in [2.45, 2.75) is 19.4 Å². The molecule has 0 aromatic heterocycles. The van der Waals surface area contributed by atoms with Crippen LogP contribution in [-0.4, -0.2) is 42.5 Å². The van der Waals surface area contributed by atoms with E-state index in [1.165, 1.54) is 31.3 Å². The van der Waals surface area contributed by atoms with Crippen LogP contribution in [0.1, 0.15) is 30.5 Å². The van der Waals surface area contributed by atoms with Gasteiger partial charge in [-0.3, -0.25) is 9.59 Å². The van der Waals surface area contributed by atoms with Crippen LogP contribution in [0.4, 0.5) is 0 Å². The van der Waals surface area contributed by atoms with E-state index in [9.17, 15) is 14.7 Å². The Kier molecular flexibility index (Phi) is 6.58. The van der Waals surface area contributed by atoms with Gasteiger partial charge in [0.1, 0.15) is 5.76 Å². The molecule has 1 atom stereocenters. The molecule has 1 fully saturated rings. The van der Waals surface area contributed by atoms with Crippen molar-refractivity contribution in [2.24, 2.45) is 0 Å². The summed E-state index contributed by atoms with van der Waals surface area (Å²) in [6.07, 6.45) is 0.642. The van der Waals surface area contributed by atoms with Crippen molar-refractivity contribution < 1.29 is 24.2 Å². The lowest BCUT2D eigenvalue weighted by atomic mass is 9.95. The van der Waals surface area contributed by atoms with Gasteiger partial charge >= 0.3 is 0 Å². The highest BCUT2D eigenvalue weighted by atomic mass is 35.5. The molecule has 3 rings (SSSR count). The van der Waals surface area contributed by atoms with E-state index in [0.717, 1.165) is 0 Å². The van der Waals surface area contributed by atoms with Gasteiger partial charge in [0.2, 0.25) is 0 Å². The molecule has 6 nitrogen and oxygen atoms in total. The second-order valence-electron chi connectivity index (χ2n) is 6.74. The Bertz CT molecular complexity index is 1030. The minimum atomic E-state index is -0.779. The fourth-order valence-corrected chi connectivity index (χ4v) is 3.82. The quantitative estimate of drug-likeness (QED) is 0.387. The van der Waals surface area contributed by atoms with Crippen molar-refractivity contribution in [1.82, 2.24) is 4.90 Å². The van der Waals surface area contributed by atoms with Crippen molar-refractivity contribution >= 4 is 40.7 Å². The highest BCUT2D eigenvalue weighted by Gasteiger charge is 2.45. The van der Waals surface area contributed by atoms with Gasteiger partial charge in [-0.15, -0.1) is 0 Å². The number of methoxy groups -OCH3 is 2. The zero-order valence-electron chi connectivity index (χ0n) is 16.7. The summed E-state index contributed by atoms with van der Waals surface area (Å²) in [5.74, 6) is -0.778. The predicted molar refractivity (Wildman–Crippen MR) is 115 cm³/mol. The molecule has 0 spiro atoms. The number of halogens is 2. The van der Waals surface area contributed by atoms with Crippen molar-refractivity contribution in [3.05, 3.63) is 63.1 Å². The maximum Gasteiger partial charge on any atom is 0.295 e. The Hall–Kier alpha value is -2.70. The number of hydrogen-bond acceptors (Lipinski definition) is 5. The van der Waals surface area contributed by atoms with Crippen LogP contribution < -0.4 is 9.47 Å². The minimum Gasteiger partial charge on any atom is -0.507 e. The Labute approximate surface area is 184 Å². The number of Topliss-reactive ketones (excluding diaryl/α,β-unsaturated/α-hetero) is 1. The van der Waals surface area contributed by atoms with Gasteiger partial charge in [-0.25, -0.2) is 0 Å². The molecule has 1 saturated heterocycles. The van der Waals surface area contributed by atoms with Crippen LogP contribution in [0.2, 0.25) is 10.0 Å². The molecule has 158 valence electrons. The topological polar surface area (TPSA) is 76.1 Å². The standard InChI is InChI=1S/C22H21Cl2NO5/c1-4-9-25-19(12-6-8-16(29-2)17(11-12)30-3)18(21(27)22(25)28)20(26)13-5-7-14(23)15(24)10-13/h5-8,10-11,19,26H,4,9H2,1-3H3/b20-18-. The molecule has 30 heavy (non-hydrogen) atoms. The number of carbonyl (C=O) groups is 2. The lowest BCUT2D eigenvalue weighted by Gasteiger charge is -2.25. The summed E-state index contributed by atoms with van der Waals surface area (Å²) < 4.78 is 10.6. The Morgan fingerprint density at radius 2 is 1.73 bits per heavy atom. The number of ketones is 1. The maximum atomic E-state index is 12.9. The van der Waals surface area contributed by atoms with E-state index in [-0.39, 0.29) is 16.4 Å². The van der Waals surface area contributed by atoms with Crippen molar-refractivity contribution in [3.8, 4) is 11.5 Å². The van der Waals surface area contributed by atoms with E-state index in [4.69, 9.17) is 32.7 Å². The van der Waals surface area contributed by atoms with E-state index in [0.29, 0.717) is 40.6 Å². The van der Waals surface area contributed by atoms with E-state index < -0.39 is 17.7 Å². The maximum absolute atomic E-state index is 12.9. The average molecular weight is 450 g/mol. The van der Waals surface area contributed by atoms with Crippen LogP contribution in [0.3, 0.4) is 0 Å². The van der Waals surface area contributed by atoms with Gasteiger partial charge in [0.15, 0.2) is 11.5 Å². The highest BCUT2D eigenvalue weighted by molar-refractivity contribution is 6.46. The first kappa shape index (κ1) is 22.0. The summed E-state index contributed by atoms with van der Waals surface area (Å²) in [4.78, 5) is 27.1. The van der Waals surface area contributed by atoms with Gasteiger partial charge in [-0.1, -0.05) is 36.2 Å². The largest absolute Gasteiger partial charge is 0.507 e. The summed E-state index contributed by atoms with van der Waals surface area (Å²) in [5, 5.41) is 11.5. The molecule has 0 aliphatic carbocycles. The number of ether oxygens (including phenoxy) is 2. The summed E-state index contributed by atoms with van der Waals surface area (Å²) in [5.41, 5.74) is 0.894. The molecule has 0 saturated carbocycles. The summed E-state index contributed by atoms with van der Waals surface area (Å²) in [7, 11) is 3.02. The summed E-state index contributed by atoms with van der Waals surface area (Å²) >= 11 is 12.0. The predicted octanol–water partition coefficient (Wildman–Crippen LogP) is 4.84. The molecule has 1 heterocycles. The number of aliphatic hydroxyl groups excluding tert-OH is 1. The van der Waals surface area contributed by atoms with Gasteiger partial charge in [0.05, 0.1) is 35.9 Å². The molecular weight excluding hydrogens is 429 g/mol. The van der Waals surface area contributed by atoms with Crippen molar-refractivity contribution in [3.63, 3.8) is 0 Å². The van der Waals surface area contributed by atoms with E-state index >= 15 is 0 Å². The normalized spacial score (nSPS) is 18.0. The highest BCUT2D eigenvalue weighted by Crippen LogP contribution is 2.42. The second kappa shape index (κ2) is 8.98. The van der Waals surface area contributed by atoms with E-state index in [1.54, 1.807) is 24.3 Å². The number of amides is 1. The van der Waals surface area contributed by atoms with Gasteiger partial charge < -0.3 is 19.5 Å². The Balaban J connectivity index is 2.22. The molecule has 2 aromatic carbocycles. The number of hydrogen-bond donors (Lipinski definition) is 1. The average Bonchev–Trinajstić information content (AvgIpc) is 2.99. The van der Waals surface area contributed by atoms with Gasteiger partial charge in [0, 0.05) is 12.1 Å². The number of nitrogens with zero attached hydrogens (tertiary/aromatic N) is 1. The van der Waals surface area contributed by atoms with Crippen molar-refractivity contribution in [2.75, 3.05) is 20.8 Å². The van der Waals surface area contributed by atoms with Gasteiger partial charge in [-0.2, -0.15) is 0 Å². The lowest BCUT2D eigenvalue weighted by Crippen LogP contribution is -2.30. The molecule has 1 aliphatic heterocycles. The fraction of sp³-hybridized carbons (Fsp3) is 0.273. The van der Waals surface area contributed by atoms with E-state index in [1.807, 2.05) is 6.92 Å². The van der Waals surface area contributed by atoms with Crippen LogP contribution >= 0.6 is 23.2 Å². The molecule has 0 bridgehead atoms. The molecule has 1 amide bonds. The molecule has 1 unspecified atom stereocenters. The molecule has 1 aliphatic rings. The smallest absolute Gasteiger partial charge is 0.295 e. The third kappa shape index (κ3) is 3.85. The monoisotopic (exact) mass is 449 g/mol. The van der Waals surface area contributed by atoms with Crippen LogP contribution in [0.25, 0.3) is 5.76 Å². The van der Waals surface area contributed by atoms with E-state index in [2.05, 4.69) is 0 Å². The molecule has 8 heteroatoms. The molecule has 0 radical (unpaired) electrons. The minimum absolute atomic E-state index is 0.0148. The number of likely N-dealkylation sites (tertiary alicyclic amines) is 1. The molecule has 2 aromatic rings. The zero-order chi connectivity index (χ0) is 22.0. The Morgan fingerprint density at radius 1 is 1.03 bits per heavy atom. The number of rotatable bonds is 6. The first-order valence-corrected chi connectivity index (χ1v) is 10.0. The Morgan fingerprint density at radius 3 is 2.33 bits per heavy atom. The van der Waals surface area contributed by atoms with Crippen LogP contribution in [0.15, 0.2) is 42.0 Å². The van der Waals surface area contributed by atoms with Crippen LogP contribution in [0.5, 0.6) is 11.5 Å². The van der Waals surface area contributed by atoms with Gasteiger partial charge in [0.25, 0.3) is 11.7 Å². The summed E-state index contributed by atoms with van der Waals surface area (Å²) in [6.45, 7) is 2.26. The number of aliphatic hydroxyl groups is 1. The van der Waals surface area contributed by atoms with Crippen LogP contribution in [-0.2, 0) is 9.59 Å². The van der Waals surface area contributed by atoms with Crippen molar-refractivity contribution in [1.29, 1.82) is 0 Å². The SMILES string of the molecule is CCCN1C(=O)C(=O)/C(=C(\O)c2ccc(Cl)c(Cl)c2)C1c1ccc(OC)c(OC)c1. The molecule has 1 N–H and O–H groups in total. The first-order valence-electron chi connectivity index (χ1n) is 9.29. The fourth-order valence-electron chi connectivity index (χ4n) is 3.52. The third-order valence-corrected chi connectivity index (χ3v) is 5.66. The second-order valence-corrected chi connectivity index (χ2v) is 7.55. The van der Waals surface area contributed by atoms with Gasteiger partial charge in [-0.05, 0) is 42.3 Å². The number of benzene rings is 2. The first-order chi connectivity index (χ1) is 14.3.